The highest BCUT2D eigenvalue weighted by molar-refractivity contribution is 8.17. The van der Waals surface area contributed by atoms with Gasteiger partial charge in [-0.2, -0.15) is 0 Å². The molecule has 2 fully saturated rings. The second kappa shape index (κ2) is 23.8. The molecule has 0 radical (unpaired) electrons. The Hall–Kier alpha value is -5.49. The molecule has 3 aromatic carbocycles. The summed E-state index contributed by atoms with van der Waals surface area (Å²) in [4.78, 5) is 57.2. The lowest BCUT2D eigenvalue weighted by atomic mass is 10.1. The van der Waals surface area contributed by atoms with Crippen LogP contribution >= 0.6 is 23.5 Å². The number of likely N-dealkylation sites (tertiary alicyclic amines) is 1. The lowest BCUT2D eigenvalue weighted by Gasteiger charge is -2.34. The predicted molar refractivity (Wildman–Crippen MR) is 245 cm³/mol. The Balaban J connectivity index is 1.10. The van der Waals surface area contributed by atoms with Crippen LogP contribution in [0.4, 0.5) is 5.69 Å². The summed E-state index contributed by atoms with van der Waals surface area (Å²) in [6, 6.07) is 11.3. The maximum absolute atomic E-state index is 13.9. The smallest absolute Gasteiger partial charge is 0.286 e. The molecular weight excluding hydrogens is 853 g/mol. The van der Waals surface area contributed by atoms with Crippen molar-refractivity contribution in [3.63, 3.8) is 0 Å². The van der Waals surface area contributed by atoms with Gasteiger partial charge in [-0.25, -0.2) is 0 Å². The number of ether oxygens (including phenoxy) is 7. The Morgan fingerprint density at radius 2 is 1.32 bits per heavy atom. The van der Waals surface area contributed by atoms with Crippen molar-refractivity contribution < 1.29 is 52.5 Å². The zero-order valence-electron chi connectivity index (χ0n) is 37.0. The third kappa shape index (κ3) is 12.2. The van der Waals surface area contributed by atoms with Crippen LogP contribution < -0.4 is 33.2 Å². The Morgan fingerprint density at radius 1 is 0.730 bits per heavy atom. The average Bonchev–Trinajstić information content (AvgIpc) is 3.80. The number of nitrogens with zero attached hydrogens (tertiary/aromatic N) is 4. The molecule has 2 aliphatic heterocycles. The van der Waals surface area contributed by atoms with Crippen molar-refractivity contribution in [2.75, 3.05) is 93.0 Å². The normalized spacial score (nSPS) is 15.1. The molecule has 0 N–H and O–H groups in total. The summed E-state index contributed by atoms with van der Waals surface area (Å²) in [6.45, 7) is 6.80. The molecule has 0 unspecified atom stereocenters. The van der Waals surface area contributed by atoms with Gasteiger partial charge in [-0.15, -0.1) is 23.5 Å². The van der Waals surface area contributed by atoms with Gasteiger partial charge in [0.25, 0.3) is 17.5 Å². The van der Waals surface area contributed by atoms with Crippen LogP contribution in [0.25, 0.3) is 6.08 Å². The maximum Gasteiger partial charge on any atom is 0.286 e. The Labute approximate surface area is 377 Å². The van der Waals surface area contributed by atoms with E-state index < -0.39 is 4.92 Å². The average molecular weight is 911 g/mol. The molecular formula is C45H58N4O12S2. The molecule has 3 aromatic rings. The first-order chi connectivity index (χ1) is 30.5. The van der Waals surface area contributed by atoms with Crippen molar-refractivity contribution in [2.45, 2.75) is 50.2 Å². The van der Waals surface area contributed by atoms with E-state index in [9.17, 15) is 24.5 Å². The molecule has 0 aromatic heterocycles. The van der Waals surface area contributed by atoms with E-state index >= 15 is 0 Å². The molecule has 5 rings (SSSR count). The summed E-state index contributed by atoms with van der Waals surface area (Å²) < 4.78 is 39.4. The number of carbonyl (C=O) groups excluding carboxylic acids is 3. The zero-order valence-corrected chi connectivity index (χ0v) is 38.7. The molecule has 2 saturated heterocycles. The minimum atomic E-state index is -0.543. The largest absolute Gasteiger partial charge is 0.493 e. The van der Waals surface area contributed by atoms with Crippen LogP contribution in [0.15, 0.2) is 48.5 Å². The Bertz CT molecular complexity index is 2060. The molecule has 0 saturated carbocycles. The Kier molecular flexibility index (Phi) is 18.3. The SMILES string of the molecule is CCSC(SCC)[C@@H]1CCCN1C(=O)c1cc(OC)c(OCCCCOc2ccc(/C=C/C(=O)N3CCN(C(=O)c4cc(OC)c(OC)c(OC)c4)CC3)cc2OC)cc1[N+](=O)[O-]. The maximum atomic E-state index is 13.9. The van der Waals surface area contributed by atoms with Gasteiger partial charge in [0.2, 0.25) is 11.7 Å². The quantitative estimate of drug-likeness (QED) is 0.0323. The minimum absolute atomic E-state index is 0.00748. The monoisotopic (exact) mass is 910 g/mol. The summed E-state index contributed by atoms with van der Waals surface area (Å²) in [5.74, 6) is 3.74. The number of rotatable bonds is 22. The molecule has 0 aliphatic carbocycles. The van der Waals surface area contributed by atoms with Gasteiger partial charge in [0.1, 0.15) is 5.56 Å². The number of carbonyl (C=O) groups is 3. The number of thioether (sulfide) groups is 2. The van der Waals surface area contributed by atoms with Gasteiger partial charge in [-0.1, -0.05) is 19.9 Å². The molecule has 1 atom stereocenters. The number of benzene rings is 3. The van der Waals surface area contributed by atoms with Crippen LogP contribution in [0.5, 0.6) is 40.2 Å². The first-order valence-electron chi connectivity index (χ1n) is 20.9. The number of amides is 3. The van der Waals surface area contributed by atoms with Crippen LogP contribution in [0.1, 0.15) is 65.8 Å². The fourth-order valence-electron chi connectivity index (χ4n) is 7.49. The van der Waals surface area contributed by atoms with Gasteiger partial charge in [-0.05, 0) is 73.1 Å². The van der Waals surface area contributed by atoms with Gasteiger partial charge in [-0.3, -0.25) is 24.5 Å². The number of hydrogen-bond donors (Lipinski definition) is 0. The van der Waals surface area contributed by atoms with Gasteiger partial charge < -0.3 is 47.9 Å². The van der Waals surface area contributed by atoms with Crippen LogP contribution in [0, 0.1) is 10.1 Å². The third-order valence-corrected chi connectivity index (χ3v) is 13.5. The third-order valence-electron chi connectivity index (χ3n) is 10.7. The topological polar surface area (TPSA) is 169 Å². The molecule has 16 nitrogen and oxygen atoms in total. The number of nitro benzene ring substituents is 1. The predicted octanol–water partition coefficient (Wildman–Crippen LogP) is 7.31. The number of nitro groups is 1. The highest BCUT2D eigenvalue weighted by atomic mass is 32.2. The lowest BCUT2D eigenvalue weighted by Crippen LogP contribution is -2.50. The van der Waals surface area contributed by atoms with E-state index in [1.165, 1.54) is 53.8 Å². The lowest BCUT2D eigenvalue weighted by molar-refractivity contribution is -0.385. The number of hydrogen-bond acceptors (Lipinski definition) is 14. The van der Waals surface area contributed by atoms with Gasteiger partial charge >= 0.3 is 0 Å². The van der Waals surface area contributed by atoms with Crippen LogP contribution in [0.3, 0.4) is 0 Å². The van der Waals surface area contributed by atoms with Crippen LogP contribution in [-0.2, 0) is 4.79 Å². The standard InChI is InChI=1S/C45H58N4O12S2/c1-8-62-45(63-9-2)33-13-12-18-48(33)44(52)32-28-37(56-4)38(29-34(32)49(53)54)61-24-11-10-23-60-35-16-14-30(25-36(35)55-3)15-17-41(50)46-19-21-47(22-20-46)43(51)31-26-39(57-5)42(59-7)40(27-31)58-6/h14-17,25-29,33,45H,8-13,18-24H2,1-7H3/b17-15+/t33-/m0/s1. The second-order valence-corrected chi connectivity index (χ2v) is 17.6. The molecule has 342 valence electrons. The molecule has 0 spiro atoms. The summed E-state index contributed by atoms with van der Waals surface area (Å²) in [5.41, 5.74) is 0.814. The van der Waals surface area contributed by atoms with Crippen LogP contribution in [0.2, 0.25) is 0 Å². The van der Waals surface area contributed by atoms with E-state index in [4.69, 9.17) is 33.2 Å². The summed E-state index contributed by atoms with van der Waals surface area (Å²) in [5, 5.41) is 12.2. The van der Waals surface area contributed by atoms with E-state index in [1.54, 1.807) is 68.6 Å². The fourth-order valence-corrected chi connectivity index (χ4v) is 10.4. The molecule has 63 heavy (non-hydrogen) atoms. The van der Waals surface area contributed by atoms with Crippen molar-refractivity contribution in [3.05, 3.63) is 75.3 Å². The fraction of sp³-hybridized carbons (Fsp3) is 0.489. The minimum Gasteiger partial charge on any atom is -0.493 e. The van der Waals surface area contributed by atoms with Crippen molar-refractivity contribution in [1.82, 2.24) is 14.7 Å². The number of methoxy groups -OCH3 is 5. The van der Waals surface area contributed by atoms with E-state index in [0.29, 0.717) is 86.5 Å². The van der Waals surface area contributed by atoms with Gasteiger partial charge in [0.05, 0.1) is 70.4 Å². The molecule has 2 heterocycles. The van der Waals surface area contributed by atoms with Crippen LogP contribution in [-0.4, -0.2) is 141 Å². The zero-order chi connectivity index (χ0) is 45.5. The summed E-state index contributed by atoms with van der Waals surface area (Å²) >= 11 is 3.61. The molecule has 2 aliphatic rings. The van der Waals surface area contributed by atoms with Crippen molar-refractivity contribution in [2.24, 2.45) is 0 Å². The highest BCUT2D eigenvalue weighted by Gasteiger charge is 2.38. The number of unbranched alkanes of at least 4 members (excludes halogenated alkanes) is 1. The first kappa shape index (κ1) is 48.5. The highest BCUT2D eigenvalue weighted by Crippen LogP contribution is 2.41. The Morgan fingerprint density at radius 3 is 1.89 bits per heavy atom. The van der Waals surface area contributed by atoms with E-state index in [-0.39, 0.29) is 57.7 Å². The van der Waals surface area contributed by atoms with Crippen molar-refractivity contribution >= 4 is 53.0 Å². The van der Waals surface area contributed by atoms with Gasteiger partial charge in [0.15, 0.2) is 34.5 Å². The molecule has 18 heteroatoms. The van der Waals surface area contributed by atoms with Gasteiger partial charge in [0, 0.05) is 50.4 Å². The molecule has 0 bridgehead atoms. The van der Waals surface area contributed by atoms with Crippen molar-refractivity contribution in [1.29, 1.82) is 0 Å². The first-order valence-corrected chi connectivity index (χ1v) is 23.0. The van der Waals surface area contributed by atoms with E-state index in [1.807, 2.05) is 6.07 Å². The second-order valence-electron chi connectivity index (χ2n) is 14.4. The summed E-state index contributed by atoms with van der Waals surface area (Å²) in [7, 11) is 7.47. The molecule has 3 amide bonds. The van der Waals surface area contributed by atoms with E-state index in [0.717, 1.165) is 29.9 Å². The van der Waals surface area contributed by atoms with Crippen molar-refractivity contribution in [3.8, 4) is 40.2 Å². The van der Waals surface area contributed by atoms with E-state index in [2.05, 4.69) is 13.8 Å². The number of piperazine rings is 1. The summed E-state index contributed by atoms with van der Waals surface area (Å²) in [6.07, 6.45) is 6.08.